The fourth-order valence-corrected chi connectivity index (χ4v) is 4.20. The summed E-state index contributed by atoms with van der Waals surface area (Å²) in [6, 6.07) is 10.1. The molecule has 0 saturated heterocycles. The predicted octanol–water partition coefficient (Wildman–Crippen LogP) is 5.26. The monoisotopic (exact) mass is 418 g/mol. The number of rotatable bonds is 5. The highest BCUT2D eigenvalue weighted by molar-refractivity contribution is 9.10. The summed E-state index contributed by atoms with van der Waals surface area (Å²) in [5, 5.41) is 3.41. The van der Waals surface area contributed by atoms with Crippen molar-refractivity contribution in [2.45, 2.75) is 27.2 Å². The molecule has 0 fully saturated rings. The average Bonchev–Trinajstić information content (AvgIpc) is 2.96. The molecule has 25 heavy (non-hydrogen) atoms. The van der Waals surface area contributed by atoms with Crippen molar-refractivity contribution in [3.8, 4) is 5.75 Å². The van der Waals surface area contributed by atoms with Gasteiger partial charge in [-0.2, -0.15) is 0 Å². The van der Waals surface area contributed by atoms with Gasteiger partial charge in [-0.25, -0.2) is 4.98 Å². The first-order chi connectivity index (χ1) is 12.0. The van der Waals surface area contributed by atoms with E-state index in [1.54, 1.807) is 0 Å². The highest BCUT2D eigenvalue weighted by Gasteiger charge is 2.11. The third kappa shape index (κ3) is 4.19. The molecule has 0 bridgehead atoms. The molecule has 130 valence electrons. The van der Waals surface area contributed by atoms with E-state index in [0.717, 1.165) is 26.7 Å². The van der Waals surface area contributed by atoms with Gasteiger partial charge in [-0.15, -0.1) is 0 Å². The third-order valence-electron chi connectivity index (χ3n) is 3.84. The highest BCUT2D eigenvalue weighted by atomic mass is 79.9. The van der Waals surface area contributed by atoms with Crippen LogP contribution in [0, 0.1) is 13.8 Å². The predicted molar refractivity (Wildman–Crippen MR) is 107 cm³/mol. The van der Waals surface area contributed by atoms with Crippen LogP contribution in [0.15, 0.2) is 34.8 Å². The molecule has 0 atom stereocenters. The van der Waals surface area contributed by atoms with Gasteiger partial charge in [0.2, 0.25) is 0 Å². The Bertz CT molecular complexity index is 937. The van der Waals surface area contributed by atoms with E-state index in [0.29, 0.717) is 10.9 Å². The minimum atomic E-state index is -0.222. The molecule has 0 aliphatic heterocycles. The van der Waals surface area contributed by atoms with Crippen molar-refractivity contribution < 1.29 is 9.53 Å². The van der Waals surface area contributed by atoms with Gasteiger partial charge in [-0.3, -0.25) is 10.1 Å². The van der Waals surface area contributed by atoms with Gasteiger partial charge in [0, 0.05) is 0 Å². The van der Waals surface area contributed by atoms with E-state index in [4.69, 9.17) is 4.74 Å². The van der Waals surface area contributed by atoms with Gasteiger partial charge in [0.25, 0.3) is 5.91 Å². The van der Waals surface area contributed by atoms with Crippen LogP contribution in [-0.2, 0) is 11.2 Å². The molecule has 3 aromatic rings. The standard InChI is InChI=1S/C19H19BrN2O2S/c1-4-13-5-6-15(14(20)9-13)24-10-17(23)21-19-22-18-12(3)7-11(2)8-16(18)25-19/h5-9H,4,10H2,1-3H3,(H,21,22,23). The Hall–Kier alpha value is -1.92. The normalized spacial score (nSPS) is 10.9. The number of hydrogen-bond acceptors (Lipinski definition) is 4. The SMILES string of the molecule is CCc1ccc(OCC(=O)Nc2nc3c(C)cc(C)cc3s2)c(Br)c1. The maximum atomic E-state index is 12.2. The molecule has 0 unspecified atom stereocenters. The molecule has 4 nitrogen and oxygen atoms in total. The number of halogens is 1. The molecular weight excluding hydrogens is 400 g/mol. The minimum absolute atomic E-state index is 0.0575. The summed E-state index contributed by atoms with van der Waals surface area (Å²) >= 11 is 4.95. The zero-order chi connectivity index (χ0) is 18.0. The van der Waals surface area contributed by atoms with Gasteiger partial charge in [0.1, 0.15) is 5.75 Å². The van der Waals surface area contributed by atoms with Crippen LogP contribution in [0.5, 0.6) is 5.75 Å². The Labute approximate surface area is 159 Å². The molecule has 0 aliphatic rings. The molecule has 1 heterocycles. The number of ether oxygens (including phenoxy) is 1. The lowest BCUT2D eigenvalue weighted by Gasteiger charge is -2.08. The number of carbonyl (C=O) groups is 1. The number of benzene rings is 2. The van der Waals surface area contributed by atoms with Crippen molar-refractivity contribution in [1.82, 2.24) is 4.98 Å². The van der Waals surface area contributed by atoms with Gasteiger partial charge in [0.05, 0.1) is 14.7 Å². The zero-order valence-corrected chi connectivity index (χ0v) is 16.8. The number of fused-ring (bicyclic) bond motifs is 1. The number of aromatic nitrogens is 1. The first-order valence-electron chi connectivity index (χ1n) is 8.05. The summed E-state index contributed by atoms with van der Waals surface area (Å²) in [6.07, 6.45) is 0.954. The van der Waals surface area contributed by atoms with E-state index in [-0.39, 0.29) is 12.5 Å². The van der Waals surface area contributed by atoms with Crippen LogP contribution in [-0.4, -0.2) is 17.5 Å². The first-order valence-corrected chi connectivity index (χ1v) is 9.66. The van der Waals surface area contributed by atoms with Gasteiger partial charge in [0.15, 0.2) is 11.7 Å². The first kappa shape index (κ1) is 17.9. The fourth-order valence-electron chi connectivity index (χ4n) is 2.60. The molecule has 1 aromatic heterocycles. The summed E-state index contributed by atoms with van der Waals surface area (Å²) in [4.78, 5) is 16.7. The van der Waals surface area contributed by atoms with Gasteiger partial charge in [-0.05, 0) is 71.1 Å². The quantitative estimate of drug-likeness (QED) is 0.614. The molecule has 1 amide bonds. The van der Waals surface area contributed by atoms with Crippen LogP contribution in [0.1, 0.15) is 23.6 Å². The lowest BCUT2D eigenvalue weighted by atomic mass is 10.1. The Balaban J connectivity index is 1.66. The van der Waals surface area contributed by atoms with E-state index in [9.17, 15) is 4.79 Å². The lowest BCUT2D eigenvalue weighted by molar-refractivity contribution is -0.118. The summed E-state index contributed by atoms with van der Waals surface area (Å²) in [5.41, 5.74) is 4.45. The van der Waals surface area contributed by atoms with Gasteiger partial charge < -0.3 is 4.74 Å². The van der Waals surface area contributed by atoms with Crippen molar-refractivity contribution in [1.29, 1.82) is 0 Å². The molecule has 2 aromatic carbocycles. The van der Waals surface area contributed by atoms with Crippen LogP contribution in [0.4, 0.5) is 5.13 Å². The summed E-state index contributed by atoms with van der Waals surface area (Å²) in [7, 11) is 0. The number of thiazole rings is 1. The van der Waals surface area contributed by atoms with E-state index in [1.807, 2.05) is 25.1 Å². The Morgan fingerprint density at radius 2 is 2.08 bits per heavy atom. The highest BCUT2D eigenvalue weighted by Crippen LogP contribution is 2.29. The second-order valence-corrected chi connectivity index (χ2v) is 7.79. The Morgan fingerprint density at radius 3 is 2.80 bits per heavy atom. The number of anilines is 1. The minimum Gasteiger partial charge on any atom is -0.483 e. The number of hydrogen-bond donors (Lipinski definition) is 1. The fraction of sp³-hybridized carbons (Fsp3) is 0.263. The number of aryl methyl sites for hydroxylation is 3. The molecule has 0 radical (unpaired) electrons. The Morgan fingerprint density at radius 1 is 1.28 bits per heavy atom. The van der Waals surface area contributed by atoms with Crippen LogP contribution >= 0.6 is 27.3 Å². The second kappa shape index (κ2) is 7.54. The topological polar surface area (TPSA) is 51.2 Å². The maximum Gasteiger partial charge on any atom is 0.264 e. The third-order valence-corrected chi connectivity index (χ3v) is 5.38. The second-order valence-electron chi connectivity index (χ2n) is 5.90. The summed E-state index contributed by atoms with van der Waals surface area (Å²) in [5.74, 6) is 0.433. The summed E-state index contributed by atoms with van der Waals surface area (Å²) in [6.45, 7) is 6.12. The number of amides is 1. The van der Waals surface area contributed by atoms with Crippen molar-refractivity contribution in [3.63, 3.8) is 0 Å². The molecule has 6 heteroatoms. The van der Waals surface area contributed by atoms with E-state index in [2.05, 4.69) is 52.2 Å². The largest absolute Gasteiger partial charge is 0.483 e. The van der Waals surface area contributed by atoms with Crippen molar-refractivity contribution in [3.05, 3.63) is 51.5 Å². The zero-order valence-electron chi connectivity index (χ0n) is 14.4. The molecule has 1 N–H and O–H groups in total. The van der Waals surface area contributed by atoms with E-state index < -0.39 is 0 Å². The smallest absolute Gasteiger partial charge is 0.264 e. The van der Waals surface area contributed by atoms with Crippen LogP contribution < -0.4 is 10.1 Å². The van der Waals surface area contributed by atoms with Crippen molar-refractivity contribution in [2.24, 2.45) is 0 Å². The average molecular weight is 419 g/mol. The van der Waals surface area contributed by atoms with Crippen LogP contribution in [0.25, 0.3) is 10.2 Å². The van der Waals surface area contributed by atoms with E-state index >= 15 is 0 Å². The van der Waals surface area contributed by atoms with Gasteiger partial charge in [-0.1, -0.05) is 30.4 Å². The number of nitrogens with one attached hydrogen (secondary N) is 1. The number of carbonyl (C=O) groups excluding carboxylic acids is 1. The number of nitrogens with zero attached hydrogens (tertiary/aromatic N) is 1. The van der Waals surface area contributed by atoms with Crippen LogP contribution in [0.2, 0.25) is 0 Å². The summed E-state index contributed by atoms with van der Waals surface area (Å²) < 4.78 is 7.53. The molecule has 0 saturated carbocycles. The molecular formula is C19H19BrN2O2S. The lowest BCUT2D eigenvalue weighted by Crippen LogP contribution is -2.20. The van der Waals surface area contributed by atoms with E-state index in [1.165, 1.54) is 22.5 Å². The maximum absolute atomic E-state index is 12.2. The van der Waals surface area contributed by atoms with Gasteiger partial charge >= 0.3 is 0 Å². The Kier molecular flexibility index (Phi) is 5.39. The van der Waals surface area contributed by atoms with Crippen LogP contribution in [0.3, 0.4) is 0 Å². The van der Waals surface area contributed by atoms with Crippen molar-refractivity contribution in [2.75, 3.05) is 11.9 Å². The molecule has 0 aliphatic carbocycles. The molecule has 0 spiro atoms. The molecule has 3 rings (SSSR count). The van der Waals surface area contributed by atoms with Crippen molar-refractivity contribution >= 4 is 48.5 Å².